The number of hydrogen-bond donors (Lipinski definition) is 1. The zero-order chi connectivity index (χ0) is 19.7. The Bertz CT molecular complexity index is 1200. The molecule has 0 aliphatic carbocycles. The van der Waals surface area contributed by atoms with Crippen LogP contribution in [0.25, 0.3) is 11.1 Å². The van der Waals surface area contributed by atoms with E-state index in [2.05, 4.69) is 33.7 Å². The number of para-hydroxylation sites is 1. The van der Waals surface area contributed by atoms with Gasteiger partial charge in [-0.25, -0.2) is 0 Å². The first kappa shape index (κ1) is 19.0. The molecule has 28 heavy (non-hydrogen) atoms. The average molecular weight is 412 g/mol. The third-order valence-electron chi connectivity index (χ3n) is 4.78. The number of thioether (sulfide) groups is 1. The molecular weight excluding hydrogens is 388 g/mol. The summed E-state index contributed by atoms with van der Waals surface area (Å²) in [6.45, 7) is 3.97. The molecule has 1 aliphatic heterocycles. The van der Waals surface area contributed by atoms with Crippen molar-refractivity contribution in [1.29, 1.82) is 0 Å². The van der Waals surface area contributed by atoms with Crippen LogP contribution in [0.15, 0.2) is 58.4 Å². The molecule has 1 aliphatic rings. The van der Waals surface area contributed by atoms with E-state index in [1.807, 2.05) is 49.0 Å². The number of nitrogens with zero attached hydrogens (tertiary/aromatic N) is 3. The fraction of sp³-hybridized carbons (Fsp3) is 0.238. The molecule has 3 heterocycles. The molecular formula is C21H23N4OS2+. The highest BCUT2D eigenvalue weighted by molar-refractivity contribution is 8.08. The summed E-state index contributed by atoms with van der Waals surface area (Å²) in [5.74, 6) is 0. The number of anilines is 1. The van der Waals surface area contributed by atoms with Crippen molar-refractivity contribution < 1.29 is 4.57 Å². The second-order valence-corrected chi connectivity index (χ2v) is 8.57. The Morgan fingerprint density at radius 2 is 1.96 bits per heavy atom. The number of hydrogen-bond acceptors (Lipinski definition) is 5. The Balaban J connectivity index is 1.91. The van der Waals surface area contributed by atoms with Crippen LogP contribution in [0.3, 0.4) is 0 Å². The largest absolute Gasteiger partial charge is 0.337 e. The lowest BCUT2D eigenvalue weighted by Crippen LogP contribution is -2.40. The van der Waals surface area contributed by atoms with Crippen LogP contribution in [-0.4, -0.2) is 18.2 Å². The lowest BCUT2D eigenvalue weighted by molar-refractivity contribution is -0.696. The minimum absolute atomic E-state index is 0.0715. The van der Waals surface area contributed by atoms with Gasteiger partial charge in [0, 0.05) is 36.7 Å². The quantitative estimate of drug-likeness (QED) is 0.658. The van der Waals surface area contributed by atoms with E-state index in [0.717, 1.165) is 32.2 Å². The Labute approximate surface area is 172 Å². The molecule has 0 saturated heterocycles. The first-order chi connectivity index (χ1) is 13.6. The van der Waals surface area contributed by atoms with Gasteiger partial charge >= 0.3 is 0 Å². The van der Waals surface area contributed by atoms with E-state index >= 15 is 0 Å². The summed E-state index contributed by atoms with van der Waals surface area (Å²) in [6, 6.07) is 14.3. The highest BCUT2D eigenvalue weighted by Gasteiger charge is 2.24. The first-order valence-corrected chi connectivity index (χ1v) is 10.9. The molecule has 144 valence electrons. The van der Waals surface area contributed by atoms with Crippen molar-refractivity contribution in [3.63, 3.8) is 0 Å². The van der Waals surface area contributed by atoms with E-state index in [4.69, 9.17) is 5.73 Å². The normalized spacial score (nSPS) is 16.0. The number of pyridine rings is 1. The van der Waals surface area contributed by atoms with Crippen molar-refractivity contribution >= 4 is 39.9 Å². The van der Waals surface area contributed by atoms with Crippen LogP contribution < -0.4 is 30.0 Å². The Morgan fingerprint density at radius 3 is 2.71 bits per heavy atom. The van der Waals surface area contributed by atoms with Crippen LogP contribution in [0, 0.1) is 0 Å². The summed E-state index contributed by atoms with van der Waals surface area (Å²) in [6.07, 6.45) is 4.11. The zero-order valence-electron chi connectivity index (χ0n) is 16.0. The van der Waals surface area contributed by atoms with Crippen molar-refractivity contribution in [2.24, 2.45) is 5.73 Å². The van der Waals surface area contributed by atoms with Crippen molar-refractivity contribution in [2.45, 2.75) is 24.9 Å². The molecule has 0 bridgehead atoms. The van der Waals surface area contributed by atoms with Gasteiger partial charge in [0.15, 0.2) is 12.7 Å². The summed E-state index contributed by atoms with van der Waals surface area (Å²) < 4.78 is 5.71. The summed E-state index contributed by atoms with van der Waals surface area (Å²) >= 11 is 3.22. The van der Waals surface area contributed by atoms with Gasteiger partial charge in [0.05, 0.1) is 12.2 Å². The fourth-order valence-corrected chi connectivity index (χ4v) is 5.82. The van der Waals surface area contributed by atoms with E-state index < -0.39 is 0 Å². The maximum Gasteiger partial charge on any atom is 0.271 e. The van der Waals surface area contributed by atoms with Gasteiger partial charge in [-0.2, -0.15) is 4.57 Å². The van der Waals surface area contributed by atoms with Crippen molar-refractivity contribution in [1.82, 2.24) is 4.57 Å². The van der Waals surface area contributed by atoms with E-state index in [-0.39, 0.29) is 5.56 Å². The Hall–Kier alpha value is -2.35. The van der Waals surface area contributed by atoms with Crippen LogP contribution >= 0.6 is 23.1 Å². The Kier molecular flexibility index (Phi) is 5.39. The van der Waals surface area contributed by atoms with Gasteiger partial charge < -0.3 is 10.6 Å². The maximum absolute atomic E-state index is 13.2. The van der Waals surface area contributed by atoms with Gasteiger partial charge in [0.2, 0.25) is 5.69 Å². The van der Waals surface area contributed by atoms with E-state index in [1.54, 1.807) is 23.1 Å². The van der Waals surface area contributed by atoms with Gasteiger partial charge in [-0.3, -0.25) is 9.36 Å². The highest BCUT2D eigenvalue weighted by Crippen LogP contribution is 2.44. The van der Waals surface area contributed by atoms with Crippen LogP contribution in [0.2, 0.25) is 0 Å². The topological polar surface area (TPSA) is 55.1 Å². The molecule has 0 saturated carbocycles. The molecule has 0 spiro atoms. The minimum Gasteiger partial charge on any atom is -0.337 e. The standard InChI is InChI=1S/C21H23N4OS2/c1-3-25-18(14-15-8-6-7-12-24(15)13-11-22)28-19(20(25)26)21-23(2)16-9-4-5-10-17(16)27-21/h4-10,12,14H,3,11,13,22H2,1-2H3/q+1. The predicted molar refractivity (Wildman–Crippen MR) is 117 cm³/mol. The SMILES string of the molecule is CCn1c(=O)c(=C2Sc3ccccc3N2C)s/c1=C\c1cccc[n+]1CCN. The molecule has 2 N–H and O–H groups in total. The van der Waals surface area contributed by atoms with E-state index in [9.17, 15) is 4.79 Å². The van der Waals surface area contributed by atoms with E-state index in [0.29, 0.717) is 13.1 Å². The molecule has 0 amide bonds. The van der Waals surface area contributed by atoms with Gasteiger partial charge in [-0.1, -0.05) is 23.9 Å². The number of benzene rings is 1. The van der Waals surface area contributed by atoms with Crippen molar-refractivity contribution in [3.8, 4) is 0 Å². The highest BCUT2D eigenvalue weighted by atomic mass is 32.2. The third kappa shape index (κ3) is 3.30. The summed E-state index contributed by atoms with van der Waals surface area (Å²) in [5.41, 5.74) is 8.01. The number of fused-ring (bicyclic) bond motifs is 1. The summed E-state index contributed by atoms with van der Waals surface area (Å²) in [5, 5.41) is 1.00. The van der Waals surface area contributed by atoms with Crippen LogP contribution in [0.4, 0.5) is 5.69 Å². The minimum atomic E-state index is 0.0715. The molecule has 4 rings (SSSR count). The molecule has 0 atom stereocenters. The van der Waals surface area contributed by atoms with Gasteiger partial charge in [0.1, 0.15) is 14.2 Å². The predicted octanol–water partition coefficient (Wildman–Crippen LogP) is 1.31. The number of rotatable bonds is 4. The van der Waals surface area contributed by atoms with Gasteiger partial charge in [-0.05, 0) is 25.1 Å². The number of thiazole rings is 1. The lowest BCUT2D eigenvalue weighted by Gasteiger charge is -2.11. The average Bonchev–Trinajstić information content (AvgIpc) is 3.20. The van der Waals surface area contributed by atoms with Gasteiger partial charge in [-0.15, -0.1) is 11.3 Å². The molecule has 0 fully saturated rings. The molecule has 2 aromatic heterocycles. The monoisotopic (exact) mass is 411 g/mol. The summed E-state index contributed by atoms with van der Waals surface area (Å²) in [7, 11) is 2.03. The molecule has 0 radical (unpaired) electrons. The zero-order valence-corrected chi connectivity index (χ0v) is 17.6. The second-order valence-electron chi connectivity index (χ2n) is 6.50. The van der Waals surface area contributed by atoms with Crippen LogP contribution in [0.5, 0.6) is 0 Å². The lowest BCUT2D eigenvalue weighted by atomic mass is 10.3. The molecule has 0 unspecified atom stereocenters. The fourth-order valence-electron chi connectivity index (χ4n) is 3.36. The number of aromatic nitrogens is 2. The molecule has 5 nitrogen and oxygen atoms in total. The summed E-state index contributed by atoms with van der Waals surface area (Å²) in [4.78, 5) is 16.5. The van der Waals surface area contributed by atoms with Crippen molar-refractivity contribution in [2.75, 3.05) is 18.5 Å². The first-order valence-electron chi connectivity index (χ1n) is 9.29. The molecule has 3 aromatic rings. The van der Waals surface area contributed by atoms with Crippen molar-refractivity contribution in [3.05, 3.63) is 73.9 Å². The molecule has 7 heteroatoms. The molecule has 1 aromatic carbocycles. The van der Waals surface area contributed by atoms with E-state index in [1.165, 1.54) is 4.90 Å². The second kappa shape index (κ2) is 7.95. The smallest absolute Gasteiger partial charge is 0.271 e. The van der Waals surface area contributed by atoms with Crippen LogP contribution in [0.1, 0.15) is 12.6 Å². The Morgan fingerprint density at radius 1 is 1.18 bits per heavy atom. The number of nitrogens with two attached hydrogens (primary N) is 1. The maximum atomic E-state index is 13.2. The van der Waals surface area contributed by atoms with Gasteiger partial charge in [0.25, 0.3) is 5.56 Å². The van der Waals surface area contributed by atoms with Crippen LogP contribution in [-0.2, 0) is 13.1 Å². The third-order valence-corrected chi connectivity index (χ3v) is 7.26.